The van der Waals surface area contributed by atoms with E-state index in [1.807, 2.05) is 6.92 Å². The number of amides is 2. The van der Waals surface area contributed by atoms with E-state index in [9.17, 15) is 14.0 Å². The summed E-state index contributed by atoms with van der Waals surface area (Å²) >= 11 is 0. The average Bonchev–Trinajstić information content (AvgIpc) is 3.29. The van der Waals surface area contributed by atoms with Crippen molar-refractivity contribution in [3.8, 4) is 11.4 Å². The molecule has 32 heavy (non-hydrogen) atoms. The van der Waals surface area contributed by atoms with Gasteiger partial charge in [0.05, 0.1) is 19.5 Å². The number of benzene rings is 1. The number of aliphatic hydroxyl groups excluding tert-OH is 1. The van der Waals surface area contributed by atoms with Gasteiger partial charge in [-0.15, -0.1) is 5.10 Å². The van der Waals surface area contributed by atoms with Crippen molar-refractivity contribution in [3.63, 3.8) is 0 Å². The van der Waals surface area contributed by atoms with Crippen LogP contribution < -0.4 is 15.4 Å². The molecule has 9 nitrogen and oxygen atoms in total. The zero-order chi connectivity index (χ0) is 23.2. The van der Waals surface area contributed by atoms with E-state index < -0.39 is 0 Å². The minimum atomic E-state index is -0.358. The number of hydrogen-bond donors (Lipinski definition) is 3. The first kappa shape index (κ1) is 25.3. The van der Waals surface area contributed by atoms with Crippen LogP contribution in [0.25, 0.3) is 5.69 Å². The molecule has 0 atom stereocenters. The number of carbonyl (C=O) groups excluding carboxylic acids is 2. The summed E-state index contributed by atoms with van der Waals surface area (Å²) in [7, 11) is 0. The Morgan fingerprint density at radius 1 is 1.09 bits per heavy atom. The predicted octanol–water partition coefficient (Wildman–Crippen LogP) is 2.43. The number of halogens is 1. The van der Waals surface area contributed by atoms with Crippen LogP contribution in [0.15, 0.2) is 24.4 Å². The Kier molecular flexibility index (Phi) is 11.1. The highest BCUT2D eigenvalue weighted by atomic mass is 19.1. The van der Waals surface area contributed by atoms with Crippen LogP contribution in [0, 0.1) is 0 Å². The molecule has 10 heteroatoms. The molecule has 3 N–H and O–H groups in total. The van der Waals surface area contributed by atoms with Crippen LogP contribution in [-0.4, -0.2) is 64.9 Å². The van der Waals surface area contributed by atoms with Gasteiger partial charge in [0.25, 0.3) is 11.8 Å². The molecule has 1 heterocycles. The second-order valence-electron chi connectivity index (χ2n) is 7.23. The Hall–Kier alpha value is -3.01. The summed E-state index contributed by atoms with van der Waals surface area (Å²) in [6, 6.07) is 4.99. The number of nitrogens with zero attached hydrogens (tertiary/aromatic N) is 3. The maximum Gasteiger partial charge on any atom is 0.273 e. The number of aliphatic hydroxyl groups is 1. The lowest BCUT2D eigenvalue weighted by Crippen LogP contribution is -2.24. The van der Waals surface area contributed by atoms with Crippen molar-refractivity contribution in [2.75, 3.05) is 33.0 Å². The fraction of sp³-hybridized carbons (Fsp3) is 0.545. The minimum absolute atomic E-state index is 0.0803. The van der Waals surface area contributed by atoms with Crippen LogP contribution in [0.2, 0.25) is 0 Å². The van der Waals surface area contributed by atoms with Crippen LogP contribution in [0.3, 0.4) is 0 Å². The van der Waals surface area contributed by atoms with Gasteiger partial charge < -0.3 is 20.5 Å². The van der Waals surface area contributed by atoms with Gasteiger partial charge in [0, 0.05) is 25.3 Å². The molecule has 2 amide bonds. The van der Waals surface area contributed by atoms with Gasteiger partial charge in [-0.25, -0.2) is 4.68 Å². The molecule has 0 spiro atoms. The summed E-state index contributed by atoms with van der Waals surface area (Å²) in [5.41, 5.74) is 1.15. The highest BCUT2D eigenvalue weighted by molar-refractivity contribution is 5.95. The van der Waals surface area contributed by atoms with Crippen molar-refractivity contribution in [1.82, 2.24) is 25.6 Å². The number of ether oxygens (including phenoxy) is 1. The molecule has 0 aliphatic rings. The Labute approximate surface area is 187 Å². The summed E-state index contributed by atoms with van der Waals surface area (Å²) in [5.74, 6) is -0.129. The highest BCUT2D eigenvalue weighted by Crippen LogP contribution is 2.25. The fourth-order valence-corrected chi connectivity index (χ4v) is 2.97. The Bertz CT molecular complexity index is 859. The zero-order valence-corrected chi connectivity index (χ0v) is 18.5. The lowest BCUT2D eigenvalue weighted by atomic mass is 10.1. The van der Waals surface area contributed by atoms with Crippen molar-refractivity contribution in [2.45, 2.75) is 45.4 Å². The molecule has 0 bridgehead atoms. The second-order valence-corrected chi connectivity index (χ2v) is 7.23. The van der Waals surface area contributed by atoms with Gasteiger partial charge in [-0.2, -0.15) is 0 Å². The number of nitrogens with one attached hydrogen (secondary N) is 2. The number of hydrogen-bond acceptors (Lipinski definition) is 6. The predicted molar refractivity (Wildman–Crippen MR) is 118 cm³/mol. The molecule has 1 aromatic heterocycles. The lowest BCUT2D eigenvalue weighted by molar-refractivity contribution is 0.0942. The van der Waals surface area contributed by atoms with E-state index in [-0.39, 0.29) is 30.8 Å². The van der Waals surface area contributed by atoms with Gasteiger partial charge in [-0.3, -0.25) is 14.0 Å². The van der Waals surface area contributed by atoms with Gasteiger partial charge in [-0.05, 0) is 57.2 Å². The molecular weight excluding hydrogens is 417 g/mol. The Morgan fingerprint density at radius 2 is 1.91 bits per heavy atom. The first-order valence-electron chi connectivity index (χ1n) is 11.0. The molecule has 0 saturated heterocycles. The fourth-order valence-electron chi connectivity index (χ4n) is 2.97. The van der Waals surface area contributed by atoms with E-state index >= 15 is 0 Å². The summed E-state index contributed by atoms with van der Waals surface area (Å²) in [6.07, 6.45) is 5.72. The molecule has 0 fully saturated rings. The molecule has 0 aliphatic carbocycles. The van der Waals surface area contributed by atoms with Crippen LogP contribution in [0.4, 0.5) is 4.39 Å². The first-order chi connectivity index (χ1) is 15.6. The van der Waals surface area contributed by atoms with E-state index in [1.54, 1.807) is 18.2 Å². The first-order valence-corrected chi connectivity index (χ1v) is 11.0. The van der Waals surface area contributed by atoms with Gasteiger partial charge >= 0.3 is 0 Å². The SMILES string of the molecule is CCNC(=O)c1ccc(-n2cc(C(=O)NCCCCO)nn2)c(OCCCCCCF)c1. The van der Waals surface area contributed by atoms with Crippen LogP contribution in [-0.2, 0) is 0 Å². The minimum Gasteiger partial charge on any atom is -0.491 e. The summed E-state index contributed by atoms with van der Waals surface area (Å²) in [6.45, 7) is 2.95. The number of alkyl halides is 1. The molecule has 0 radical (unpaired) electrons. The number of aromatic nitrogens is 3. The largest absolute Gasteiger partial charge is 0.491 e. The van der Waals surface area contributed by atoms with E-state index in [2.05, 4.69) is 20.9 Å². The monoisotopic (exact) mass is 449 g/mol. The maximum atomic E-state index is 12.2. The van der Waals surface area contributed by atoms with Crippen LogP contribution >= 0.6 is 0 Å². The molecule has 2 rings (SSSR count). The third kappa shape index (κ3) is 7.92. The molecule has 0 unspecified atom stereocenters. The van der Waals surface area contributed by atoms with E-state index in [4.69, 9.17) is 9.84 Å². The van der Waals surface area contributed by atoms with Crippen LogP contribution in [0.5, 0.6) is 5.75 Å². The smallest absolute Gasteiger partial charge is 0.273 e. The quantitative estimate of drug-likeness (QED) is 0.360. The Morgan fingerprint density at radius 3 is 2.66 bits per heavy atom. The van der Waals surface area contributed by atoms with Crippen molar-refractivity contribution < 1.29 is 23.8 Å². The summed E-state index contributed by atoms with van der Waals surface area (Å²) in [4.78, 5) is 24.5. The third-order valence-corrected chi connectivity index (χ3v) is 4.69. The van der Waals surface area contributed by atoms with Crippen molar-refractivity contribution in [3.05, 3.63) is 35.7 Å². The van der Waals surface area contributed by atoms with Crippen molar-refractivity contribution >= 4 is 11.8 Å². The number of unbranched alkanes of at least 4 members (excludes halogenated alkanes) is 4. The standard InChI is InChI=1S/C22H32FN5O4/c1-2-24-21(30)17-9-10-19(20(15-17)32-14-8-4-3-5-11-23)28-16-18(26-27-28)22(31)25-12-6-7-13-29/h9-10,15-16,29H,2-8,11-14H2,1H3,(H,24,30)(H,25,31). The molecule has 0 aliphatic heterocycles. The Balaban J connectivity index is 2.13. The molecule has 2 aromatic rings. The lowest BCUT2D eigenvalue weighted by Gasteiger charge is -2.13. The molecular formula is C22H32FN5O4. The zero-order valence-electron chi connectivity index (χ0n) is 18.5. The third-order valence-electron chi connectivity index (χ3n) is 4.69. The van der Waals surface area contributed by atoms with Gasteiger partial charge in [0.15, 0.2) is 5.69 Å². The molecule has 176 valence electrons. The molecule has 0 saturated carbocycles. The van der Waals surface area contributed by atoms with Gasteiger partial charge in [-0.1, -0.05) is 11.6 Å². The maximum absolute atomic E-state index is 12.2. The molecule has 1 aromatic carbocycles. The highest BCUT2D eigenvalue weighted by Gasteiger charge is 2.16. The van der Waals surface area contributed by atoms with Crippen LogP contribution in [0.1, 0.15) is 66.3 Å². The van der Waals surface area contributed by atoms with Gasteiger partial charge in [0.1, 0.15) is 11.4 Å². The van der Waals surface area contributed by atoms with E-state index in [0.717, 1.165) is 19.3 Å². The summed E-state index contributed by atoms with van der Waals surface area (Å²) in [5, 5.41) is 22.3. The average molecular weight is 450 g/mol. The van der Waals surface area contributed by atoms with Gasteiger partial charge in [0.2, 0.25) is 0 Å². The van der Waals surface area contributed by atoms with Crippen molar-refractivity contribution in [1.29, 1.82) is 0 Å². The van der Waals surface area contributed by atoms with Crippen molar-refractivity contribution in [2.24, 2.45) is 0 Å². The number of carbonyl (C=O) groups is 2. The van der Waals surface area contributed by atoms with E-state index in [1.165, 1.54) is 10.9 Å². The summed E-state index contributed by atoms with van der Waals surface area (Å²) < 4.78 is 19.6. The second kappa shape index (κ2) is 14.1. The normalized spacial score (nSPS) is 10.7. The van der Waals surface area contributed by atoms with E-state index in [0.29, 0.717) is 56.0 Å². The topological polar surface area (TPSA) is 118 Å². The number of rotatable bonds is 15.